The molecule has 17 nitrogen and oxygen atoms in total. The van der Waals surface area contributed by atoms with Crippen LogP contribution in [-0.2, 0) is 45.2 Å². The minimum Gasteiger partial charge on any atom is -0.457 e. The van der Waals surface area contributed by atoms with Crippen molar-refractivity contribution >= 4 is 43.2 Å². The Labute approximate surface area is 286 Å². The highest BCUT2D eigenvalue weighted by molar-refractivity contribution is 7.69. The Morgan fingerprint density at radius 1 is 0.714 bits per heavy atom. The van der Waals surface area contributed by atoms with E-state index in [-0.39, 0.29) is 30.9 Å². The Bertz CT molecular complexity index is 1360. The molecule has 5 atom stereocenters. The van der Waals surface area contributed by atoms with Crippen LogP contribution in [0.15, 0.2) is 30.3 Å². The quantitative estimate of drug-likeness (QED) is 0.0391. The third kappa shape index (κ3) is 19.2. The maximum Gasteiger partial charge on any atom is 0.490 e. The summed E-state index contributed by atoms with van der Waals surface area (Å²) in [5.41, 5.74) is 0.267. The fraction of sp³-hybridized carbons (Fsp3) is 0.714. The average Bonchev–Trinajstić information content (AvgIpc) is 3.39. The second kappa shape index (κ2) is 21.3. The van der Waals surface area contributed by atoms with Crippen LogP contribution in [-0.4, -0.2) is 66.5 Å². The van der Waals surface area contributed by atoms with E-state index < -0.39 is 56.0 Å². The first-order valence-electron chi connectivity index (χ1n) is 16.3. The molecule has 5 N–H and O–H groups in total. The van der Waals surface area contributed by atoms with Crippen LogP contribution in [0.4, 0.5) is 0 Å². The van der Waals surface area contributed by atoms with E-state index in [0.717, 1.165) is 25.7 Å². The molecule has 1 aliphatic heterocycles. The largest absolute Gasteiger partial charge is 0.490 e. The standard InChI is InChI=1S/C28H49NO16P4/c1-2-3-4-5-6-7-8-9-10-11-12-13-17-20-27(30)29-22-26(42-28(31)24-18-15-14-16-19-24)21-25(29)23-41-47(35,36)44-49(39,40)45-48(37,38)43-46(32,33)34/h14-16,18-19,25-26H,2-13,17,20-23H2,1H3,(H,35,36)(H,37,38)(H,39,40)(H2,32,33,34)/t25-,26+/m0/s1. The van der Waals surface area contributed by atoms with E-state index in [2.05, 4.69) is 19.9 Å². The normalized spacial score (nSPS) is 20.3. The van der Waals surface area contributed by atoms with Gasteiger partial charge in [0, 0.05) is 12.8 Å². The lowest BCUT2D eigenvalue weighted by atomic mass is 10.0. The lowest BCUT2D eigenvalue weighted by Crippen LogP contribution is -2.38. The SMILES string of the molecule is CCCCCCCCCCCCCCCC(=O)N1C[C@H](OC(=O)c2ccccc2)C[C@H]1COP(=O)(O)OP(=O)(O)OP(=O)(O)OP(=O)(O)O. The van der Waals surface area contributed by atoms with Gasteiger partial charge in [-0.1, -0.05) is 102 Å². The van der Waals surface area contributed by atoms with Crippen molar-refractivity contribution in [2.45, 2.75) is 115 Å². The molecule has 1 aliphatic rings. The second-order valence-corrected chi connectivity index (χ2v) is 17.8. The monoisotopic (exact) mass is 779 g/mol. The molecule has 3 unspecified atom stereocenters. The molecule has 1 fully saturated rings. The molecule has 0 aliphatic carbocycles. The number of unbranched alkanes of at least 4 members (excludes halogenated alkanes) is 12. The Morgan fingerprint density at radius 3 is 1.73 bits per heavy atom. The molecule has 1 saturated heterocycles. The maximum atomic E-state index is 13.2. The average molecular weight is 780 g/mol. The highest BCUT2D eigenvalue weighted by atomic mass is 31.3. The number of likely N-dealkylation sites (tertiary alicyclic amines) is 1. The summed E-state index contributed by atoms with van der Waals surface area (Å²) < 4.78 is 68.1. The van der Waals surface area contributed by atoms with E-state index in [1.807, 2.05) is 0 Å². The van der Waals surface area contributed by atoms with Crippen LogP contribution >= 0.6 is 31.3 Å². The molecule has 0 spiro atoms. The summed E-state index contributed by atoms with van der Waals surface area (Å²) in [5, 5.41) is 0. The maximum absolute atomic E-state index is 13.2. The lowest BCUT2D eigenvalue weighted by molar-refractivity contribution is -0.133. The van der Waals surface area contributed by atoms with E-state index in [0.29, 0.717) is 6.42 Å². The van der Waals surface area contributed by atoms with Gasteiger partial charge >= 0.3 is 37.3 Å². The van der Waals surface area contributed by atoms with E-state index in [4.69, 9.17) is 19.0 Å². The molecule has 21 heteroatoms. The van der Waals surface area contributed by atoms with Crippen LogP contribution in [0.25, 0.3) is 0 Å². The van der Waals surface area contributed by atoms with Gasteiger partial charge in [-0.3, -0.25) is 9.32 Å². The van der Waals surface area contributed by atoms with Crippen molar-refractivity contribution in [3.05, 3.63) is 35.9 Å². The predicted molar refractivity (Wildman–Crippen MR) is 177 cm³/mol. The lowest BCUT2D eigenvalue weighted by Gasteiger charge is -2.25. The topological polar surface area (TPSA) is 253 Å². The van der Waals surface area contributed by atoms with Crippen LogP contribution in [0, 0.1) is 0 Å². The summed E-state index contributed by atoms with van der Waals surface area (Å²) in [6.45, 7) is 1.39. The van der Waals surface area contributed by atoms with Crippen molar-refractivity contribution < 1.29 is 74.5 Å². The van der Waals surface area contributed by atoms with Crippen molar-refractivity contribution in [1.82, 2.24) is 4.90 Å². The number of amides is 1. The number of ether oxygens (including phenoxy) is 1. The van der Waals surface area contributed by atoms with Crippen molar-refractivity contribution in [3.63, 3.8) is 0 Å². The van der Waals surface area contributed by atoms with E-state index in [1.165, 1.54) is 56.3 Å². The first-order chi connectivity index (χ1) is 22.9. The highest BCUT2D eigenvalue weighted by Crippen LogP contribution is 2.70. The zero-order valence-corrected chi connectivity index (χ0v) is 31.1. The van der Waals surface area contributed by atoms with Gasteiger partial charge < -0.3 is 34.1 Å². The fourth-order valence-electron chi connectivity index (χ4n) is 5.28. The minimum atomic E-state index is -5.99. The molecule has 1 aromatic carbocycles. The predicted octanol–water partition coefficient (Wildman–Crippen LogP) is 6.75. The summed E-state index contributed by atoms with van der Waals surface area (Å²) >= 11 is 0. The summed E-state index contributed by atoms with van der Waals surface area (Å²) in [4.78, 5) is 73.3. The zero-order valence-electron chi connectivity index (χ0n) is 27.5. The summed E-state index contributed by atoms with van der Waals surface area (Å²) in [6, 6.07) is 7.13. The van der Waals surface area contributed by atoms with E-state index in [9.17, 15) is 42.5 Å². The molecular weight excluding hydrogens is 730 g/mol. The molecule has 49 heavy (non-hydrogen) atoms. The number of rotatable bonds is 25. The van der Waals surface area contributed by atoms with E-state index in [1.54, 1.807) is 30.3 Å². The summed E-state index contributed by atoms with van der Waals surface area (Å²) in [5.74, 6) is -0.993. The zero-order chi connectivity index (χ0) is 36.6. The number of phosphoric ester groups is 1. The van der Waals surface area contributed by atoms with Crippen LogP contribution in [0.1, 0.15) is 114 Å². The third-order valence-corrected chi connectivity index (χ3v) is 13.0. The molecule has 1 aromatic rings. The van der Waals surface area contributed by atoms with Crippen LogP contribution in [0.2, 0.25) is 0 Å². The van der Waals surface area contributed by atoms with Crippen molar-refractivity contribution in [3.8, 4) is 0 Å². The Hall–Kier alpha value is -1.28. The molecular formula is C28H49NO16P4. The number of carbonyl (C=O) groups excluding carboxylic acids is 2. The van der Waals surface area contributed by atoms with Gasteiger partial charge in [-0.05, 0) is 18.6 Å². The first kappa shape index (κ1) is 43.9. The Kier molecular flexibility index (Phi) is 19.1. The molecule has 0 saturated carbocycles. The van der Waals surface area contributed by atoms with Crippen molar-refractivity contribution in [1.29, 1.82) is 0 Å². The van der Waals surface area contributed by atoms with Gasteiger partial charge in [0.05, 0.1) is 24.8 Å². The van der Waals surface area contributed by atoms with Crippen LogP contribution < -0.4 is 0 Å². The van der Waals surface area contributed by atoms with Gasteiger partial charge in [0.2, 0.25) is 5.91 Å². The van der Waals surface area contributed by atoms with E-state index >= 15 is 0 Å². The smallest absolute Gasteiger partial charge is 0.457 e. The van der Waals surface area contributed by atoms with Gasteiger partial charge in [0.1, 0.15) is 6.10 Å². The fourth-order valence-corrected chi connectivity index (χ4v) is 9.77. The number of benzene rings is 1. The number of nitrogens with zero attached hydrogens (tertiary/aromatic N) is 1. The van der Waals surface area contributed by atoms with Crippen molar-refractivity contribution in [2.24, 2.45) is 0 Å². The molecule has 1 amide bonds. The van der Waals surface area contributed by atoms with Gasteiger partial charge in [0.25, 0.3) is 0 Å². The van der Waals surface area contributed by atoms with Gasteiger partial charge in [0.15, 0.2) is 0 Å². The number of carbonyl (C=O) groups is 2. The number of hydrogen-bond donors (Lipinski definition) is 5. The Morgan fingerprint density at radius 2 is 1.20 bits per heavy atom. The number of phosphoric acid groups is 4. The molecule has 0 aromatic heterocycles. The highest BCUT2D eigenvalue weighted by Gasteiger charge is 2.46. The van der Waals surface area contributed by atoms with Crippen molar-refractivity contribution in [2.75, 3.05) is 13.2 Å². The van der Waals surface area contributed by atoms with Crippen LogP contribution in [0.5, 0.6) is 0 Å². The molecule has 2 rings (SSSR count). The molecule has 282 valence electrons. The third-order valence-electron chi connectivity index (χ3n) is 7.53. The molecule has 1 heterocycles. The van der Waals surface area contributed by atoms with Gasteiger partial charge in [-0.25, -0.2) is 23.1 Å². The first-order valence-corrected chi connectivity index (χ1v) is 22.3. The van der Waals surface area contributed by atoms with Gasteiger partial charge in [-0.2, -0.15) is 12.9 Å². The minimum absolute atomic E-state index is 0.0296. The number of esters is 1. The van der Waals surface area contributed by atoms with Crippen LogP contribution in [0.3, 0.4) is 0 Å². The second-order valence-electron chi connectivity index (χ2n) is 11.8. The summed E-state index contributed by atoms with van der Waals surface area (Å²) in [6.07, 6.45) is 13.9. The summed E-state index contributed by atoms with van der Waals surface area (Å²) in [7, 11) is -23.2. The molecule has 0 bridgehead atoms. The number of hydrogen-bond acceptors (Lipinski definition) is 11. The molecule has 0 radical (unpaired) electrons. The Balaban J connectivity index is 1.91. The van der Waals surface area contributed by atoms with Gasteiger partial charge in [-0.15, -0.1) is 0 Å².